The van der Waals surface area contributed by atoms with Crippen LogP contribution in [0.2, 0.25) is 0 Å². The fourth-order valence-corrected chi connectivity index (χ4v) is 4.00. The molecular weight excluding hydrogens is 400 g/mol. The fraction of sp³-hybridized carbons (Fsp3) is 0.222. The minimum absolute atomic E-state index is 0.137. The van der Waals surface area contributed by atoms with Crippen LogP contribution in [-0.2, 0) is 23.3 Å². The summed E-state index contributed by atoms with van der Waals surface area (Å²) in [7, 11) is 2.03. The number of carbonyl (C=O) groups is 1. The Kier molecular flexibility index (Phi) is 6.87. The molecule has 0 spiro atoms. The summed E-state index contributed by atoms with van der Waals surface area (Å²) in [4.78, 5) is 17.8. The number of carbonyl (C=O) groups excluding carboxylic acids is 1. The Hall–Kier alpha value is -3.57. The standard InChI is InChI=1S/C27H28N2O3/c1-3-32-28-27(30)17-24(25-18-29(2)26-15-8-7-14-23(25)26)21-12-9-13-22(16-21)31-19-20-10-5-4-6-11-20/h4-16,18,24H,3,17,19H2,1-2H3,(H,28,30). The minimum Gasteiger partial charge on any atom is -0.489 e. The number of hydrogen-bond donors (Lipinski definition) is 1. The van der Waals surface area contributed by atoms with Crippen molar-refractivity contribution in [3.63, 3.8) is 0 Å². The average Bonchev–Trinajstić information content (AvgIpc) is 3.17. The Balaban J connectivity index is 1.66. The molecule has 0 bridgehead atoms. The van der Waals surface area contributed by atoms with Crippen LogP contribution in [0.4, 0.5) is 0 Å². The maximum absolute atomic E-state index is 12.6. The first kappa shape index (κ1) is 21.7. The van der Waals surface area contributed by atoms with E-state index in [1.165, 1.54) is 0 Å². The van der Waals surface area contributed by atoms with Crippen LogP contribution in [0.15, 0.2) is 85.1 Å². The Morgan fingerprint density at radius 2 is 1.78 bits per heavy atom. The molecule has 0 saturated carbocycles. The van der Waals surface area contributed by atoms with Crippen LogP contribution >= 0.6 is 0 Å². The number of amides is 1. The second-order valence-electron chi connectivity index (χ2n) is 7.77. The lowest BCUT2D eigenvalue weighted by atomic mass is 9.88. The lowest BCUT2D eigenvalue weighted by Crippen LogP contribution is -2.25. The van der Waals surface area contributed by atoms with Crippen LogP contribution in [0, 0.1) is 0 Å². The van der Waals surface area contributed by atoms with Gasteiger partial charge in [-0.15, -0.1) is 0 Å². The van der Waals surface area contributed by atoms with Gasteiger partial charge >= 0.3 is 0 Å². The second kappa shape index (κ2) is 10.2. The van der Waals surface area contributed by atoms with Crippen molar-refractivity contribution in [3.05, 3.63) is 102 Å². The van der Waals surface area contributed by atoms with Crippen molar-refractivity contribution in [2.24, 2.45) is 7.05 Å². The van der Waals surface area contributed by atoms with E-state index < -0.39 is 0 Å². The molecule has 0 saturated heterocycles. The van der Waals surface area contributed by atoms with E-state index in [2.05, 4.69) is 34.4 Å². The van der Waals surface area contributed by atoms with Crippen molar-refractivity contribution < 1.29 is 14.4 Å². The predicted molar refractivity (Wildman–Crippen MR) is 126 cm³/mol. The Labute approximate surface area is 188 Å². The van der Waals surface area contributed by atoms with Crippen molar-refractivity contribution in [1.29, 1.82) is 0 Å². The normalized spacial score (nSPS) is 11.9. The molecule has 0 aliphatic carbocycles. The van der Waals surface area contributed by atoms with Crippen molar-refractivity contribution in [1.82, 2.24) is 10.0 Å². The maximum atomic E-state index is 12.6. The monoisotopic (exact) mass is 428 g/mol. The Bertz CT molecular complexity index is 1180. The zero-order valence-corrected chi connectivity index (χ0v) is 18.5. The molecule has 0 aliphatic rings. The molecule has 0 radical (unpaired) electrons. The number of aromatic nitrogens is 1. The zero-order chi connectivity index (χ0) is 22.3. The molecule has 4 aromatic rings. The van der Waals surface area contributed by atoms with Crippen molar-refractivity contribution in [2.45, 2.75) is 25.9 Å². The smallest absolute Gasteiger partial charge is 0.244 e. The molecule has 5 heteroatoms. The molecule has 4 rings (SSSR count). The highest BCUT2D eigenvalue weighted by molar-refractivity contribution is 5.86. The summed E-state index contributed by atoms with van der Waals surface area (Å²) >= 11 is 0. The van der Waals surface area contributed by atoms with Gasteiger partial charge in [0.05, 0.1) is 6.61 Å². The van der Waals surface area contributed by atoms with Crippen LogP contribution < -0.4 is 10.2 Å². The van der Waals surface area contributed by atoms with E-state index in [4.69, 9.17) is 9.57 Å². The Morgan fingerprint density at radius 3 is 2.59 bits per heavy atom. The third-order valence-electron chi connectivity index (χ3n) is 5.53. The summed E-state index contributed by atoms with van der Waals surface area (Å²) in [6.45, 7) is 2.76. The van der Waals surface area contributed by atoms with E-state index in [1.807, 2.05) is 74.6 Å². The van der Waals surface area contributed by atoms with Crippen LogP contribution in [0.5, 0.6) is 5.75 Å². The van der Waals surface area contributed by atoms with Crippen LogP contribution in [-0.4, -0.2) is 17.1 Å². The molecule has 1 N–H and O–H groups in total. The largest absolute Gasteiger partial charge is 0.489 e. The third kappa shape index (κ3) is 5.01. The minimum atomic E-state index is -0.152. The summed E-state index contributed by atoms with van der Waals surface area (Å²) in [6.07, 6.45) is 2.39. The first-order chi connectivity index (χ1) is 15.7. The number of ether oxygens (including phenoxy) is 1. The molecule has 32 heavy (non-hydrogen) atoms. The van der Waals surface area contributed by atoms with Gasteiger partial charge in [-0.2, -0.15) is 0 Å². The van der Waals surface area contributed by atoms with Gasteiger partial charge in [-0.25, -0.2) is 5.48 Å². The quantitative estimate of drug-likeness (QED) is 0.366. The number of hydroxylamine groups is 1. The van der Waals surface area contributed by atoms with Crippen molar-refractivity contribution >= 4 is 16.8 Å². The van der Waals surface area contributed by atoms with Crippen LogP contribution in [0.1, 0.15) is 36.0 Å². The number of hydrogen-bond acceptors (Lipinski definition) is 3. The molecular formula is C27H28N2O3. The zero-order valence-electron chi connectivity index (χ0n) is 18.5. The highest BCUT2D eigenvalue weighted by atomic mass is 16.6. The average molecular weight is 429 g/mol. The van der Waals surface area contributed by atoms with Gasteiger partial charge in [0.15, 0.2) is 0 Å². The molecule has 1 atom stereocenters. The van der Waals surface area contributed by atoms with E-state index in [-0.39, 0.29) is 18.2 Å². The predicted octanol–water partition coefficient (Wildman–Crippen LogP) is 5.35. The first-order valence-electron chi connectivity index (χ1n) is 10.9. The number of benzene rings is 3. The van der Waals surface area contributed by atoms with E-state index in [9.17, 15) is 4.79 Å². The lowest BCUT2D eigenvalue weighted by molar-refractivity contribution is -0.133. The molecule has 164 valence electrons. The van der Waals surface area contributed by atoms with Crippen LogP contribution in [0.25, 0.3) is 10.9 Å². The molecule has 1 unspecified atom stereocenters. The van der Waals surface area contributed by atoms with Crippen molar-refractivity contribution in [3.8, 4) is 5.75 Å². The summed E-state index contributed by atoms with van der Waals surface area (Å²) in [5.74, 6) is 0.490. The fourth-order valence-electron chi connectivity index (χ4n) is 4.00. The molecule has 0 fully saturated rings. The highest BCUT2D eigenvalue weighted by Gasteiger charge is 2.23. The number of nitrogens with one attached hydrogen (secondary N) is 1. The van der Waals surface area contributed by atoms with E-state index in [0.29, 0.717) is 13.2 Å². The van der Waals surface area contributed by atoms with Gasteiger partial charge in [-0.3, -0.25) is 9.63 Å². The topological polar surface area (TPSA) is 52.5 Å². The van der Waals surface area contributed by atoms with Gasteiger partial charge in [-0.1, -0.05) is 60.7 Å². The van der Waals surface area contributed by atoms with Gasteiger partial charge in [0, 0.05) is 36.5 Å². The molecule has 1 heterocycles. The van der Waals surface area contributed by atoms with Gasteiger partial charge < -0.3 is 9.30 Å². The van der Waals surface area contributed by atoms with E-state index in [1.54, 1.807) is 0 Å². The van der Waals surface area contributed by atoms with Gasteiger partial charge in [0.1, 0.15) is 12.4 Å². The summed E-state index contributed by atoms with van der Waals surface area (Å²) in [5, 5.41) is 1.14. The summed E-state index contributed by atoms with van der Waals surface area (Å²) in [5.41, 5.74) is 6.92. The molecule has 3 aromatic carbocycles. The number of fused-ring (bicyclic) bond motifs is 1. The third-order valence-corrected chi connectivity index (χ3v) is 5.53. The van der Waals surface area contributed by atoms with E-state index in [0.717, 1.165) is 33.3 Å². The van der Waals surface area contributed by atoms with Crippen LogP contribution in [0.3, 0.4) is 0 Å². The lowest BCUT2D eigenvalue weighted by Gasteiger charge is -2.18. The molecule has 1 amide bonds. The number of rotatable bonds is 9. The number of para-hydroxylation sites is 1. The molecule has 0 aliphatic heterocycles. The van der Waals surface area contributed by atoms with Gasteiger partial charge in [0.25, 0.3) is 0 Å². The Morgan fingerprint density at radius 1 is 1.00 bits per heavy atom. The van der Waals surface area contributed by atoms with Gasteiger partial charge in [0.2, 0.25) is 5.91 Å². The maximum Gasteiger partial charge on any atom is 0.244 e. The highest BCUT2D eigenvalue weighted by Crippen LogP contribution is 2.35. The van der Waals surface area contributed by atoms with E-state index >= 15 is 0 Å². The van der Waals surface area contributed by atoms with Crippen molar-refractivity contribution in [2.75, 3.05) is 6.61 Å². The summed E-state index contributed by atoms with van der Waals surface area (Å²) < 4.78 is 8.16. The SMILES string of the molecule is CCONC(=O)CC(c1cccc(OCc2ccccc2)c1)c1cn(C)c2ccccc12. The first-order valence-corrected chi connectivity index (χ1v) is 10.9. The summed E-state index contributed by atoms with van der Waals surface area (Å²) in [6, 6.07) is 26.4. The second-order valence-corrected chi connectivity index (χ2v) is 7.77. The van der Waals surface area contributed by atoms with Gasteiger partial charge in [-0.05, 0) is 41.8 Å². The molecule has 5 nitrogen and oxygen atoms in total. The number of nitrogens with zero attached hydrogens (tertiary/aromatic N) is 1. The molecule has 1 aromatic heterocycles. The number of aryl methyl sites for hydroxylation is 1.